The van der Waals surface area contributed by atoms with Gasteiger partial charge in [-0.2, -0.15) is 0 Å². The van der Waals surface area contributed by atoms with Gasteiger partial charge in [-0.1, -0.05) is 13.8 Å². The van der Waals surface area contributed by atoms with E-state index in [9.17, 15) is 0 Å². The molecule has 2 heterocycles. The van der Waals surface area contributed by atoms with E-state index in [4.69, 9.17) is 0 Å². The maximum Gasteiger partial charge on any atom is 0.115 e. The van der Waals surface area contributed by atoms with E-state index in [2.05, 4.69) is 23.8 Å². The van der Waals surface area contributed by atoms with Gasteiger partial charge in [0.2, 0.25) is 0 Å². The van der Waals surface area contributed by atoms with Crippen LogP contribution in [0.5, 0.6) is 0 Å². The fourth-order valence-corrected chi connectivity index (χ4v) is 2.51. The van der Waals surface area contributed by atoms with Crippen molar-refractivity contribution in [2.45, 2.75) is 24.2 Å². The van der Waals surface area contributed by atoms with Crippen molar-refractivity contribution in [3.8, 4) is 0 Å². The molecule has 11 heavy (non-hydrogen) atoms. The molecule has 0 spiro atoms. The van der Waals surface area contributed by atoms with Crippen LogP contribution in [0, 0.1) is 0 Å². The second-order valence-corrected chi connectivity index (χ2v) is 4.43. The first-order valence-corrected chi connectivity index (χ1v) is 4.62. The van der Waals surface area contributed by atoms with Crippen LogP contribution in [0.3, 0.4) is 0 Å². The summed E-state index contributed by atoms with van der Waals surface area (Å²) in [7, 11) is 0. The highest BCUT2D eigenvalue weighted by Crippen LogP contribution is 2.41. The lowest BCUT2D eigenvalue weighted by atomic mass is 9.92. The largest absolute Gasteiger partial charge is 0.244 e. The number of aromatic nitrogens is 2. The second kappa shape index (κ2) is 2.21. The van der Waals surface area contributed by atoms with Gasteiger partial charge in [-0.05, 0) is 0 Å². The molecule has 2 rings (SSSR count). The van der Waals surface area contributed by atoms with Gasteiger partial charge in [0.25, 0.3) is 0 Å². The molecular formula is C8H10N2S. The first-order valence-electron chi connectivity index (χ1n) is 3.63. The Morgan fingerprint density at radius 1 is 1.55 bits per heavy atom. The van der Waals surface area contributed by atoms with E-state index in [0.717, 1.165) is 5.75 Å². The van der Waals surface area contributed by atoms with E-state index in [1.165, 1.54) is 10.6 Å². The molecule has 1 aromatic rings. The third-order valence-corrected chi connectivity index (χ3v) is 3.38. The summed E-state index contributed by atoms with van der Waals surface area (Å²) in [6.45, 7) is 4.44. The van der Waals surface area contributed by atoms with Gasteiger partial charge in [0.1, 0.15) is 6.33 Å². The van der Waals surface area contributed by atoms with E-state index in [1.54, 1.807) is 6.33 Å². The molecule has 1 aliphatic heterocycles. The number of thioether (sulfide) groups is 1. The molecule has 0 aliphatic carbocycles. The molecule has 0 saturated heterocycles. The summed E-state index contributed by atoms with van der Waals surface area (Å²) < 4.78 is 0. The number of rotatable bonds is 0. The SMILES string of the molecule is CC1(C)CSc2cncnc21. The molecule has 3 heteroatoms. The lowest BCUT2D eigenvalue weighted by molar-refractivity contribution is 0.579. The van der Waals surface area contributed by atoms with Crippen molar-refractivity contribution in [1.29, 1.82) is 0 Å². The zero-order valence-electron chi connectivity index (χ0n) is 6.66. The second-order valence-electron chi connectivity index (χ2n) is 3.41. The van der Waals surface area contributed by atoms with Crippen LogP contribution in [-0.4, -0.2) is 15.7 Å². The summed E-state index contributed by atoms with van der Waals surface area (Å²) in [5.74, 6) is 1.13. The summed E-state index contributed by atoms with van der Waals surface area (Å²) in [6.07, 6.45) is 3.54. The predicted molar refractivity (Wildman–Crippen MR) is 45.8 cm³/mol. The van der Waals surface area contributed by atoms with E-state index >= 15 is 0 Å². The van der Waals surface area contributed by atoms with Crippen molar-refractivity contribution in [2.75, 3.05) is 5.75 Å². The Balaban J connectivity index is 2.56. The Morgan fingerprint density at radius 2 is 2.36 bits per heavy atom. The number of hydrogen-bond donors (Lipinski definition) is 0. The Labute approximate surface area is 70.4 Å². The Hall–Kier alpha value is -0.570. The maximum absolute atomic E-state index is 4.28. The monoisotopic (exact) mass is 166 g/mol. The zero-order valence-corrected chi connectivity index (χ0v) is 7.48. The zero-order chi connectivity index (χ0) is 7.90. The summed E-state index contributed by atoms with van der Waals surface area (Å²) >= 11 is 1.85. The van der Waals surface area contributed by atoms with E-state index < -0.39 is 0 Å². The van der Waals surface area contributed by atoms with Gasteiger partial charge < -0.3 is 0 Å². The fraction of sp³-hybridized carbons (Fsp3) is 0.500. The molecule has 0 unspecified atom stereocenters. The van der Waals surface area contributed by atoms with Gasteiger partial charge in [-0.25, -0.2) is 9.97 Å². The topological polar surface area (TPSA) is 25.8 Å². The molecular weight excluding hydrogens is 156 g/mol. The highest BCUT2D eigenvalue weighted by molar-refractivity contribution is 7.99. The summed E-state index contributed by atoms with van der Waals surface area (Å²) in [5.41, 5.74) is 1.45. The van der Waals surface area contributed by atoms with Crippen LogP contribution >= 0.6 is 11.8 Å². The molecule has 0 amide bonds. The molecule has 0 N–H and O–H groups in total. The molecule has 1 aromatic heterocycles. The van der Waals surface area contributed by atoms with Crippen LogP contribution in [0.4, 0.5) is 0 Å². The maximum atomic E-state index is 4.28. The van der Waals surface area contributed by atoms with Gasteiger partial charge in [-0.3, -0.25) is 0 Å². The molecule has 0 bridgehead atoms. The van der Waals surface area contributed by atoms with Crippen molar-refractivity contribution >= 4 is 11.8 Å². The van der Waals surface area contributed by atoms with Crippen LogP contribution in [0.2, 0.25) is 0 Å². The standard InChI is InChI=1S/C8H10N2S/c1-8(2)4-11-6-3-9-5-10-7(6)8/h3,5H,4H2,1-2H3. The minimum Gasteiger partial charge on any atom is -0.244 e. The van der Waals surface area contributed by atoms with Gasteiger partial charge in [-0.15, -0.1) is 11.8 Å². The number of hydrogen-bond acceptors (Lipinski definition) is 3. The fourth-order valence-electron chi connectivity index (χ4n) is 1.26. The molecule has 0 saturated carbocycles. The summed E-state index contributed by atoms with van der Waals surface area (Å²) in [6, 6.07) is 0. The molecule has 2 nitrogen and oxygen atoms in total. The predicted octanol–water partition coefficient (Wildman–Crippen LogP) is 1.86. The van der Waals surface area contributed by atoms with Crippen LogP contribution in [-0.2, 0) is 5.41 Å². The Morgan fingerprint density at radius 3 is 3.09 bits per heavy atom. The van der Waals surface area contributed by atoms with Gasteiger partial charge in [0, 0.05) is 22.3 Å². The van der Waals surface area contributed by atoms with Crippen molar-refractivity contribution in [3.63, 3.8) is 0 Å². The van der Waals surface area contributed by atoms with E-state index in [0.29, 0.717) is 0 Å². The average molecular weight is 166 g/mol. The van der Waals surface area contributed by atoms with Crippen LogP contribution < -0.4 is 0 Å². The number of fused-ring (bicyclic) bond motifs is 1. The summed E-state index contributed by atoms with van der Waals surface area (Å²) in [5, 5.41) is 0. The van der Waals surface area contributed by atoms with Crippen molar-refractivity contribution in [2.24, 2.45) is 0 Å². The summed E-state index contributed by atoms with van der Waals surface area (Å²) in [4.78, 5) is 9.52. The highest BCUT2D eigenvalue weighted by Gasteiger charge is 2.31. The van der Waals surface area contributed by atoms with Crippen LogP contribution in [0.25, 0.3) is 0 Å². The molecule has 0 atom stereocenters. The first-order chi connectivity index (χ1) is 5.20. The van der Waals surface area contributed by atoms with E-state index in [-0.39, 0.29) is 5.41 Å². The van der Waals surface area contributed by atoms with Crippen LogP contribution in [0.1, 0.15) is 19.5 Å². The smallest absolute Gasteiger partial charge is 0.115 e. The minimum absolute atomic E-state index is 0.239. The highest BCUT2D eigenvalue weighted by atomic mass is 32.2. The van der Waals surface area contributed by atoms with E-state index in [1.807, 2.05) is 18.0 Å². The van der Waals surface area contributed by atoms with Crippen molar-refractivity contribution < 1.29 is 0 Å². The van der Waals surface area contributed by atoms with Crippen molar-refractivity contribution in [3.05, 3.63) is 18.2 Å². The molecule has 0 aromatic carbocycles. The molecule has 58 valence electrons. The normalized spacial score (nSPS) is 19.8. The minimum atomic E-state index is 0.239. The van der Waals surface area contributed by atoms with Gasteiger partial charge >= 0.3 is 0 Å². The number of nitrogens with zero attached hydrogens (tertiary/aromatic N) is 2. The van der Waals surface area contributed by atoms with Gasteiger partial charge in [0.15, 0.2) is 0 Å². The lowest BCUT2D eigenvalue weighted by Crippen LogP contribution is -2.17. The van der Waals surface area contributed by atoms with Gasteiger partial charge in [0.05, 0.1) is 5.69 Å². The molecule has 0 fully saturated rings. The molecule has 1 aliphatic rings. The first kappa shape index (κ1) is 7.10. The Kier molecular flexibility index (Phi) is 1.42. The third kappa shape index (κ3) is 1.03. The quantitative estimate of drug-likeness (QED) is 0.588. The average Bonchev–Trinajstić information content (AvgIpc) is 2.29. The lowest BCUT2D eigenvalue weighted by Gasteiger charge is -2.14. The third-order valence-electron chi connectivity index (χ3n) is 1.91. The molecule has 0 radical (unpaired) electrons. The van der Waals surface area contributed by atoms with Crippen molar-refractivity contribution in [1.82, 2.24) is 9.97 Å². The Bertz CT molecular complexity index is 283. The van der Waals surface area contributed by atoms with Crippen LogP contribution in [0.15, 0.2) is 17.4 Å².